The minimum atomic E-state index is -2.60. The van der Waals surface area contributed by atoms with Crippen LogP contribution in [0.5, 0.6) is 0 Å². The first kappa shape index (κ1) is 67.8. The number of aliphatic carboxylic acids is 1. The number of carboxylic acid groups (broad SMARTS) is 1. The molecule has 0 amide bonds. The number of rotatable bonds is 5. The average Bonchev–Trinajstić information content (AvgIpc) is 3.32. The van der Waals surface area contributed by atoms with Crippen molar-refractivity contribution in [2.45, 2.75) is 248 Å². The van der Waals surface area contributed by atoms with E-state index >= 15 is 0 Å². The monoisotopic (exact) mass is 1070 g/mol. The number of hydrogen-bond donors (Lipinski definition) is 13. The Bertz CT molecular complexity index is 1800. The number of carbonyl (C=O) groups excluding carboxylic acids is 1. The molecule has 14 N–H and O–H groups in total. The molecule has 2 saturated heterocycles. The molecule has 19 atom stereocenters. The van der Waals surface area contributed by atoms with Crippen LogP contribution in [-0.4, -0.2) is 183 Å². The van der Waals surface area contributed by atoms with E-state index < -0.39 is 146 Å². The lowest BCUT2D eigenvalue weighted by atomic mass is 9.89. The number of carboxylic acids is 1. The maximum absolute atomic E-state index is 12.9. The van der Waals surface area contributed by atoms with Crippen LogP contribution in [0.1, 0.15) is 138 Å². The Morgan fingerprint density at radius 1 is 0.667 bits per heavy atom. The van der Waals surface area contributed by atoms with E-state index in [4.69, 9.17) is 29.4 Å². The van der Waals surface area contributed by atoms with Crippen molar-refractivity contribution in [2.24, 2.45) is 17.6 Å². The molecule has 20 heteroatoms. The molecule has 0 bridgehead atoms. The van der Waals surface area contributed by atoms with Crippen molar-refractivity contribution in [1.29, 1.82) is 0 Å². The van der Waals surface area contributed by atoms with Crippen molar-refractivity contribution in [3.8, 4) is 0 Å². The van der Waals surface area contributed by atoms with Gasteiger partial charge in [-0.1, -0.05) is 93.7 Å². The van der Waals surface area contributed by atoms with Crippen LogP contribution in [0.15, 0.2) is 72.9 Å². The maximum Gasteiger partial charge on any atom is 0.308 e. The molecule has 0 saturated carbocycles. The SMILES string of the molecule is CC.CC1O[C@H](OC2/C=C/C=C/C=C/C=C/CC/C=C/C=C/[C@H](C)C(OC3CC(C)(O)C(O)[C@H](C)O3)C[C@H](C)OC(=O)CC(O)CC(O)CC(O)CCC(O)C(O)CC(O)(O)CCC(C(=O)O)CC2)C(O)C(N)[C@@H]1O. The number of ether oxygens (including phenoxy) is 5. The first-order chi connectivity index (χ1) is 35.3. The summed E-state index contributed by atoms with van der Waals surface area (Å²) in [5.41, 5.74) is 4.54. The summed E-state index contributed by atoms with van der Waals surface area (Å²) in [6.07, 6.45) is 4.47. The molecule has 75 heavy (non-hydrogen) atoms. The number of esters is 1. The van der Waals surface area contributed by atoms with Gasteiger partial charge in [-0.3, -0.25) is 9.59 Å². The zero-order valence-electron chi connectivity index (χ0n) is 45.0. The fourth-order valence-corrected chi connectivity index (χ4v) is 8.96. The minimum Gasteiger partial charge on any atom is -0.481 e. The highest BCUT2D eigenvalue weighted by Crippen LogP contribution is 2.33. The van der Waals surface area contributed by atoms with Crippen LogP contribution in [0.3, 0.4) is 0 Å². The van der Waals surface area contributed by atoms with Gasteiger partial charge in [0, 0.05) is 31.6 Å². The minimum absolute atomic E-state index is 0.00457. The van der Waals surface area contributed by atoms with E-state index in [1.165, 1.54) is 6.92 Å². The van der Waals surface area contributed by atoms with Crippen molar-refractivity contribution < 1.29 is 94.6 Å². The lowest BCUT2D eigenvalue weighted by Gasteiger charge is -2.43. The zero-order chi connectivity index (χ0) is 56.5. The molecule has 0 aliphatic carbocycles. The lowest BCUT2D eigenvalue weighted by molar-refractivity contribution is -0.287. The molecule has 432 valence electrons. The molecule has 20 nitrogen and oxygen atoms in total. The van der Waals surface area contributed by atoms with Gasteiger partial charge in [0.1, 0.15) is 18.3 Å². The van der Waals surface area contributed by atoms with Gasteiger partial charge in [0.25, 0.3) is 0 Å². The highest BCUT2D eigenvalue weighted by molar-refractivity contribution is 5.70. The molecule has 0 aromatic rings. The van der Waals surface area contributed by atoms with Crippen LogP contribution < -0.4 is 5.73 Å². The van der Waals surface area contributed by atoms with Gasteiger partial charge in [0.2, 0.25) is 0 Å². The first-order valence-corrected chi connectivity index (χ1v) is 26.7. The average molecular weight is 1070 g/mol. The standard InChI is InChI=1S/C53H87NO19.C2H6/c1-32-18-16-14-12-10-8-6-7-9-11-13-15-17-19-40(72-51-48(62)46(54)47(61)34(3)71-51)22-20-36(50(64)65)24-25-53(67,68)30-42(59)41(58)23-21-37(55)27-38(56)28-39(57)29-44(60)69-33(2)26-43(32)73-45-31-52(5,66)49(63)35(4)70-45;1-2/h6-7,9,11-19,32-43,45-49,51,55-59,61-63,66-68H,8,10,20-31,54H2,1-5H3,(H,64,65);1-2H3/b7-6+,11-9+,14-12+,15-13+,18-16+,19-17+;/t32-,33-,34?,35-,36?,37?,38?,39?,40?,41?,42?,43?,45?,46?,47+,48?,49?,51+,52?;/m0./s1. The van der Waals surface area contributed by atoms with Crippen LogP contribution in [0.2, 0.25) is 0 Å². The lowest BCUT2D eigenvalue weighted by Crippen LogP contribution is -2.61. The van der Waals surface area contributed by atoms with Crippen molar-refractivity contribution in [2.75, 3.05) is 0 Å². The molecule has 3 aliphatic rings. The molecular formula is C55H93NO19. The summed E-state index contributed by atoms with van der Waals surface area (Å²) in [6.45, 7) is 12.3. The van der Waals surface area contributed by atoms with E-state index in [-0.39, 0.29) is 63.7 Å². The second-order valence-corrected chi connectivity index (χ2v) is 20.4. The summed E-state index contributed by atoms with van der Waals surface area (Å²) in [4.78, 5) is 25.3. The molecule has 3 rings (SSSR count). The van der Waals surface area contributed by atoms with Crippen LogP contribution in [0.25, 0.3) is 0 Å². The van der Waals surface area contributed by atoms with Gasteiger partial charge in [0.15, 0.2) is 18.4 Å². The predicted octanol–water partition coefficient (Wildman–Crippen LogP) is 3.00. The van der Waals surface area contributed by atoms with Crippen LogP contribution in [0, 0.1) is 11.8 Å². The number of allylic oxidation sites excluding steroid dienone is 10. The third kappa shape index (κ3) is 25.8. The maximum atomic E-state index is 12.9. The number of nitrogens with two attached hydrogens (primary N) is 1. The van der Waals surface area contributed by atoms with Crippen LogP contribution in [0.4, 0.5) is 0 Å². The molecule has 3 aliphatic heterocycles. The largest absolute Gasteiger partial charge is 0.481 e. The fraction of sp³-hybridized carbons (Fsp3) is 0.745. The van der Waals surface area contributed by atoms with Crippen molar-refractivity contribution in [3.05, 3.63) is 72.9 Å². The number of cyclic esters (lactones) is 1. The quantitative estimate of drug-likeness (QED) is 0.139. The van der Waals surface area contributed by atoms with E-state index in [0.29, 0.717) is 0 Å². The summed E-state index contributed by atoms with van der Waals surface area (Å²) in [6, 6.07) is -1.07. The fourth-order valence-electron chi connectivity index (χ4n) is 8.96. The van der Waals surface area contributed by atoms with E-state index in [0.717, 1.165) is 12.8 Å². The van der Waals surface area contributed by atoms with E-state index in [1.807, 2.05) is 63.3 Å². The second kappa shape index (κ2) is 34.6. The van der Waals surface area contributed by atoms with Gasteiger partial charge >= 0.3 is 11.9 Å². The summed E-state index contributed by atoms with van der Waals surface area (Å²) in [7, 11) is 0. The Labute approximate surface area is 443 Å². The third-order valence-electron chi connectivity index (χ3n) is 13.5. The van der Waals surface area contributed by atoms with Gasteiger partial charge in [-0.25, -0.2) is 0 Å². The smallest absolute Gasteiger partial charge is 0.308 e. The Balaban J connectivity index is 0.00000950. The van der Waals surface area contributed by atoms with Gasteiger partial charge in [-0.2, -0.15) is 0 Å². The van der Waals surface area contributed by atoms with E-state index in [2.05, 4.69) is 0 Å². The second-order valence-electron chi connectivity index (χ2n) is 20.4. The Morgan fingerprint density at radius 3 is 1.91 bits per heavy atom. The summed E-state index contributed by atoms with van der Waals surface area (Å²) < 4.78 is 29.6. The van der Waals surface area contributed by atoms with Crippen LogP contribution >= 0.6 is 0 Å². The Kier molecular flexibility index (Phi) is 31.3. The van der Waals surface area contributed by atoms with Gasteiger partial charge in [-0.05, 0) is 85.5 Å². The predicted molar refractivity (Wildman–Crippen MR) is 279 cm³/mol. The van der Waals surface area contributed by atoms with Crippen molar-refractivity contribution in [1.82, 2.24) is 0 Å². The molecule has 0 aromatic heterocycles. The highest BCUT2D eigenvalue weighted by atomic mass is 16.7. The molecule has 14 unspecified atom stereocenters. The molecule has 3 heterocycles. The van der Waals surface area contributed by atoms with E-state index in [1.54, 1.807) is 51.2 Å². The van der Waals surface area contributed by atoms with Gasteiger partial charge in [0.05, 0.1) is 85.0 Å². The number of aliphatic hydroxyl groups excluding tert-OH is 8. The summed E-state index contributed by atoms with van der Waals surface area (Å²) in [5.74, 6) is -5.92. The number of carbonyl (C=O) groups is 2. The summed E-state index contributed by atoms with van der Waals surface area (Å²) >= 11 is 0. The zero-order valence-corrected chi connectivity index (χ0v) is 45.0. The summed E-state index contributed by atoms with van der Waals surface area (Å²) in [5, 5.41) is 127. The normalized spacial score (nSPS) is 42.1. The highest BCUT2D eigenvalue weighted by Gasteiger charge is 2.45. The van der Waals surface area contributed by atoms with Crippen molar-refractivity contribution in [3.63, 3.8) is 0 Å². The van der Waals surface area contributed by atoms with Crippen molar-refractivity contribution >= 4 is 11.9 Å². The van der Waals surface area contributed by atoms with Gasteiger partial charge in [-0.15, -0.1) is 0 Å². The van der Waals surface area contributed by atoms with Crippen LogP contribution in [-0.2, 0) is 33.3 Å². The van der Waals surface area contributed by atoms with E-state index in [9.17, 15) is 70.9 Å². The van der Waals surface area contributed by atoms with Gasteiger partial charge < -0.3 is 90.7 Å². The Hall–Kier alpha value is -3.26. The number of hydrogen-bond acceptors (Lipinski definition) is 19. The first-order valence-electron chi connectivity index (χ1n) is 26.7. The molecular weight excluding hydrogens is 979 g/mol. The Morgan fingerprint density at radius 2 is 1.27 bits per heavy atom. The molecule has 2 fully saturated rings. The topological polar surface area (TPSA) is 349 Å². The third-order valence-corrected chi connectivity index (χ3v) is 13.5. The molecule has 0 radical (unpaired) electrons. The number of aliphatic hydroxyl groups is 11. The molecule has 0 spiro atoms. The molecule has 0 aromatic carbocycles.